The second kappa shape index (κ2) is 7.84. The summed E-state index contributed by atoms with van der Waals surface area (Å²) < 4.78 is 38.1. The molecule has 7 heteroatoms. The van der Waals surface area contributed by atoms with E-state index in [1.807, 2.05) is 18.2 Å². The van der Waals surface area contributed by atoms with Crippen LogP contribution in [0.15, 0.2) is 77.2 Å². The average Bonchev–Trinajstić information content (AvgIpc) is 2.67. The topological polar surface area (TPSA) is 42.0 Å². The summed E-state index contributed by atoms with van der Waals surface area (Å²) in [6.07, 6.45) is -1.49. The highest BCUT2D eigenvalue weighted by Gasteiger charge is 2.29. The van der Waals surface area contributed by atoms with E-state index < -0.39 is 11.7 Å². The van der Waals surface area contributed by atoms with Crippen molar-refractivity contribution >= 4 is 28.6 Å². The van der Waals surface area contributed by atoms with Crippen molar-refractivity contribution < 1.29 is 18.0 Å². The highest BCUT2D eigenvalue weighted by Crippen LogP contribution is 2.36. The Labute approximate surface area is 158 Å². The quantitative estimate of drug-likeness (QED) is 0.611. The van der Waals surface area contributed by atoms with Gasteiger partial charge in [-0.15, -0.1) is 0 Å². The molecule has 0 bridgehead atoms. The maximum absolute atomic E-state index is 12.7. The van der Waals surface area contributed by atoms with Gasteiger partial charge in [-0.3, -0.25) is 9.78 Å². The van der Waals surface area contributed by atoms with Crippen LogP contribution in [0.2, 0.25) is 0 Å². The van der Waals surface area contributed by atoms with Crippen LogP contribution in [0.25, 0.3) is 10.9 Å². The second-order valence-corrected chi connectivity index (χ2v) is 6.78. The second-order valence-electron chi connectivity index (χ2n) is 5.67. The van der Waals surface area contributed by atoms with E-state index in [0.717, 1.165) is 33.5 Å². The summed E-state index contributed by atoms with van der Waals surface area (Å²) in [4.78, 5) is 17.3. The summed E-state index contributed by atoms with van der Waals surface area (Å²) in [6.45, 7) is 3.75. The van der Waals surface area contributed by atoms with E-state index >= 15 is 0 Å². The molecule has 0 saturated heterocycles. The van der Waals surface area contributed by atoms with Crippen molar-refractivity contribution in [3.05, 3.63) is 78.5 Å². The Morgan fingerprint density at radius 1 is 1.15 bits per heavy atom. The zero-order valence-corrected chi connectivity index (χ0v) is 14.9. The fourth-order valence-corrected chi connectivity index (χ4v) is 3.46. The monoisotopic (exact) mass is 388 g/mol. The van der Waals surface area contributed by atoms with Crippen LogP contribution < -0.4 is 5.32 Å². The number of nitrogens with one attached hydrogen (secondary N) is 1. The highest BCUT2D eigenvalue weighted by atomic mass is 32.2. The van der Waals surface area contributed by atoms with E-state index in [-0.39, 0.29) is 5.91 Å². The molecule has 1 N–H and O–H groups in total. The van der Waals surface area contributed by atoms with Crippen LogP contribution in [-0.4, -0.2) is 10.9 Å². The molecular weight excluding hydrogens is 373 g/mol. The Morgan fingerprint density at radius 2 is 1.89 bits per heavy atom. The van der Waals surface area contributed by atoms with Crippen molar-refractivity contribution in [2.24, 2.45) is 0 Å². The maximum Gasteiger partial charge on any atom is 0.416 e. The molecule has 3 nitrogen and oxygen atoms in total. The molecule has 138 valence electrons. The van der Waals surface area contributed by atoms with Crippen molar-refractivity contribution in [1.82, 2.24) is 10.3 Å². The van der Waals surface area contributed by atoms with Gasteiger partial charge in [0.1, 0.15) is 0 Å². The molecule has 0 atom stereocenters. The molecule has 1 amide bonds. The molecule has 0 saturated carbocycles. The first-order chi connectivity index (χ1) is 12.9. The van der Waals surface area contributed by atoms with Gasteiger partial charge in [0.15, 0.2) is 0 Å². The number of halogens is 3. The van der Waals surface area contributed by atoms with Gasteiger partial charge in [-0.25, -0.2) is 0 Å². The molecule has 0 aliphatic carbocycles. The zero-order chi connectivity index (χ0) is 19.4. The average molecular weight is 388 g/mol. The summed E-state index contributed by atoms with van der Waals surface area (Å²) in [5.41, 5.74) is 0.945. The Kier molecular flexibility index (Phi) is 5.51. The van der Waals surface area contributed by atoms with E-state index in [9.17, 15) is 18.0 Å². The normalized spacial score (nSPS) is 11.4. The molecule has 27 heavy (non-hydrogen) atoms. The number of nitrogens with zero attached hydrogens (tertiary/aromatic N) is 1. The first kappa shape index (κ1) is 19.0. The minimum Gasteiger partial charge on any atom is -0.348 e. The number of benzene rings is 2. The number of fused-ring (bicyclic) bond motifs is 1. The SMILES string of the molecule is C=CC(=O)NCc1ccc(Sc2ccc(C(F)(F)F)cc2)c2ncccc12. The van der Waals surface area contributed by atoms with Crippen molar-refractivity contribution in [2.75, 3.05) is 0 Å². The summed E-state index contributed by atoms with van der Waals surface area (Å²) in [5, 5.41) is 3.61. The number of carbonyl (C=O) groups is 1. The van der Waals surface area contributed by atoms with E-state index in [2.05, 4.69) is 16.9 Å². The third kappa shape index (κ3) is 4.49. The molecular formula is C20H15F3N2OS. The van der Waals surface area contributed by atoms with Crippen LogP contribution >= 0.6 is 11.8 Å². The fraction of sp³-hybridized carbons (Fsp3) is 0.100. The molecule has 0 aliphatic heterocycles. The Balaban J connectivity index is 1.89. The number of alkyl halides is 3. The van der Waals surface area contributed by atoms with Gasteiger partial charge in [0.05, 0.1) is 11.1 Å². The lowest BCUT2D eigenvalue weighted by Gasteiger charge is -2.11. The molecule has 0 spiro atoms. The van der Waals surface area contributed by atoms with Crippen LogP contribution in [0.4, 0.5) is 13.2 Å². The lowest BCUT2D eigenvalue weighted by Crippen LogP contribution is -2.20. The largest absolute Gasteiger partial charge is 0.416 e. The van der Waals surface area contributed by atoms with Crippen molar-refractivity contribution in [3.8, 4) is 0 Å². The minimum absolute atomic E-state index is 0.268. The van der Waals surface area contributed by atoms with E-state index in [0.29, 0.717) is 11.4 Å². The lowest BCUT2D eigenvalue weighted by molar-refractivity contribution is -0.137. The number of pyridine rings is 1. The predicted octanol–water partition coefficient (Wildman–Crippen LogP) is 5.21. The molecule has 0 aliphatic rings. The third-order valence-corrected chi connectivity index (χ3v) is 4.93. The predicted molar refractivity (Wildman–Crippen MR) is 99.4 cm³/mol. The fourth-order valence-electron chi connectivity index (χ4n) is 2.54. The smallest absolute Gasteiger partial charge is 0.348 e. The van der Waals surface area contributed by atoms with Gasteiger partial charge in [-0.2, -0.15) is 13.2 Å². The third-order valence-electron chi connectivity index (χ3n) is 3.87. The molecule has 0 unspecified atom stereocenters. The molecule has 1 aromatic heterocycles. The van der Waals surface area contributed by atoms with Gasteiger partial charge < -0.3 is 5.32 Å². The Morgan fingerprint density at radius 3 is 2.56 bits per heavy atom. The van der Waals surface area contributed by atoms with Crippen LogP contribution in [-0.2, 0) is 17.5 Å². The summed E-state index contributed by atoms with van der Waals surface area (Å²) in [7, 11) is 0. The van der Waals surface area contributed by atoms with Gasteiger partial charge in [-0.1, -0.05) is 30.5 Å². The van der Waals surface area contributed by atoms with Gasteiger partial charge >= 0.3 is 6.18 Å². The first-order valence-corrected chi connectivity index (χ1v) is 8.82. The maximum atomic E-state index is 12.7. The van der Waals surface area contributed by atoms with Crippen molar-refractivity contribution in [1.29, 1.82) is 0 Å². The van der Waals surface area contributed by atoms with Crippen molar-refractivity contribution in [2.45, 2.75) is 22.5 Å². The molecule has 1 heterocycles. The minimum atomic E-state index is -4.35. The molecule has 0 radical (unpaired) electrons. The van der Waals surface area contributed by atoms with Crippen LogP contribution in [0.1, 0.15) is 11.1 Å². The zero-order valence-electron chi connectivity index (χ0n) is 14.1. The standard InChI is InChI=1S/C20H15F3N2OS/c1-2-18(26)25-12-13-5-10-17(19-16(13)4-3-11-24-19)27-15-8-6-14(7-9-15)20(21,22)23/h2-11H,1,12H2,(H,25,26). The number of rotatable bonds is 5. The van der Waals surface area contributed by atoms with E-state index in [4.69, 9.17) is 0 Å². The van der Waals surface area contributed by atoms with Crippen LogP contribution in [0.5, 0.6) is 0 Å². The van der Waals surface area contributed by atoms with Gasteiger partial charge in [0.25, 0.3) is 0 Å². The van der Waals surface area contributed by atoms with Crippen LogP contribution in [0, 0.1) is 0 Å². The van der Waals surface area contributed by atoms with E-state index in [1.54, 1.807) is 12.3 Å². The number of hydrogen-bond donors (Lipinski definition) is 1. The highest BCUT2D eigenvalue weighted by molar-refractivity contribution is 7.99. The summed E-state index contributed by atoms with van der Waals surface area (Å²) in [6, 6.07) is 12.4. The first-order valence-electron chi connectivity index (χ1n) is 8.00. The summed E-state index contributed by atoms with van der Waals surface area (Å²) in [5.74, 6) is -0.268. The number of hydrogen-bond acceptors (Lipinski definition) is 3. The van der Waals surface area contributed by atoms with E-state index in [1.165, 1.54) is 30.0 Å². The Bertz CT molecular complexity index is 985. The molecule has 2 aromatic carbocycles. The van der Waals surface area contributed by atoms with Gasteiger partial charge in [0.2, 0.25) is 5.91 Å². The van der Waals surface area contributed by atoms with Crippen molar-refractivity contribution in [3.63, 3.8) is 0 Å². The van der Waals surface area contributed by atoms with Crippen LogP contribution in [0.3, 0.4) is 0 Å². The number of carbonyl (C=O) groups excluding carboxylic acids is 1. The lowest BCUT2D eigenvalue weighted by atomic mass is 10.1. The molecule has 3 rings (SSSR count). The summed E-state index contributed by atoms with van der Waals surface area (Å²) >= 11 is 1.34. The molecule has 3 aromatic rings. The van der Waals surface area contributed by atoms with Gasteiger partial charge in [0, 0.05) is 27.9 Å². The van der Waals surface area contributed by atoms with Gasteiger partial charge in [-0.05, 0) is 48.0 Å². The Hall–Kier alpha value is -2.80. The number of amides is 1. The number of aromatic nitrogens is 1. The molecule has 0 fully saturated rings.